The predicted octanol–water partition coefficient (Wildman–Crippen LogP) is 4.77. The van der Waals surface area contributed by atoms with Crippen LogP contribution in [0, 0.1) is 0 Å². The molecule has 0 fully saturated rings. The van der Waals surface area contributed by atoms with E-state index >= 15 is 0 Å². The maximum absolute atomic E-state index is 13.3. The Morgan fingerprint density at radius 2 is 1.62 bits per heavy atom. The van der Waals surface area contributed by atoms with Gasteiger partial charge < -0.3 is 24.8 Å². The molecule has 0 aliphatic carbocycles. The molecule has 0 saturated carbocycles. The number of anilines is 1. The number of carbonyl (C=O) groups is 3. The second-order valence-electron chi connectivity index (χ2n) is 7.53. The van der Waals surface area contributed by atoms with E-state index in [1.54, 1.807) is 79.7 Å². The van der Waals surface area contributed by atoms with E-state index in [1.165, 1.54) is 32.1 Å². The monoisotopic (exact) mass is 520 g/mol. The SMILES string of the molecule is CCOC(=O)CSc1ccc(NC(=O)/C(=C/c2cccc(OC)c2OC)NC(=O)c2ccccc2)cc1. The summed E-state index contributed by atoms with van der Waals surface area (Å²) in [6, 6.07) is 20.8. The van der Waals surface area contributed by atoms with Gasteiger partial charge in [0.05, 0.1) is 26.6 Å². The lowest BCUT2D eigenvalue weighted by molar-refractivity contribution is -0.139. The molecule has 0 atom stereocenters. The molecule has 3 rings (SSSR count). The third-order valence-corrected chi connectivity index (χ3v) is 6.02. The summed E-state index contributed by atoms with van der Waals surface area (Å²) in [4.78, 5) is 38.6. The van der Waals surface area contributed by atoms with Crippen molar-refractivity contribution in [3.05, 3.63) is 89.6 Å². The molecule has 0 aromatic heterocycles. The van der Waals surface area contributed by atoms with Gasteiger partial charge in [0.25, 0.3) is 11.8 Å². The highest BCUT2D eigenvalue weighted by Gasteiger charge is 2.17. The summed E-state index contributed by atoms with van der Waals surface area (Å²) in [5.41, 5.74) is 1.48. The minimum Gasteiger partial charge on any atom is -0.493 e. The minimum atomic E-state index is -0.527. The van der Waals surface area contributed by atoms with Gasteiger partial charge in [-0.3, -0.25) is 14.4 Å². The van der Waals surface area contributed by atoms with E-state index in [2.05, 4.69) is 10.6 Å². The Labute approximate surface area is 220 Å². The van der Waals surface area contributed by atoms with Crippen molar-refractivity contribution >= 4 is 41.3 Å². The van der Waals surface area contributed by atoms with Crippen LogP contribution in [-0.4, -0.2) is 44.4 Å². The highest BCUT2D eigenvalue weighted by molar-refractivity contribution is 8.00. The van der Waals surface area contributed by atoms with Gasteiger partial charge in [0, 0.05) is 21.7 Å². The first-order valence-electron chi connectivity index (χ1n) is 11.4. The molecule has 0 unspecified atom stereocenters. The first kappa shape index (κ1) is 27.3. The quantitative estimate of drug-likeness (QED) is 0.213. The van der Waals surface area contributed by atoms with Crippen LogP contribution in [0.5, 0.6) is 11.5 Å². The smallest absolute Gasteiger partial charge is 0.316 e. The van der Waals surface area contributed by atoms with Crippen LogP contribution >= 0.6 is 11.8 Å². The zero-order valence-electron chi connectivity index (χ0n) is 20.8. The van der Waals surface area contributed by atoms with Gasteiger partial charge in [-0.1, -0.05) is 30.3 Å². The molecular weight excluding hydrogens is 492 g/mol. The largest absolute Gasteiger partial charge is 0.493 e. The summed E-state index contributed by atoms with van der Waals surface area (Å²) in [5.74, 6) is -0.147. The van der Waals surface area contributed by atoms with Crippen molar-refractivity contribution in [1.29, 1.82) is 0 Å². The lowest BCUT2D eigenvalue weighted by Crippen LogP contribution is -2.30. The Balaban J connectivity index is 1.84. The van der Waals surface area contributed by atoms with Crippen molar-refractivity contribution in [3.8, 4) is 11.5 Å². The number of nitrogens with one attached hydrogen (secondary N) is 2. The molecule has 2 N–H and O–H groups in total. The van der Waals surface area contributed by atoms with Crippen LogP contribution < -0.4 is 20.1 Å². The highest BCUT2D eigenvalue weighted by Crippen LogP contribution is 2.32. The third-order valence-electron chi connectivity index (χ3n) is 5.04. The zero-order chi connectivity index (χ0) is 26.6. The number of thioether (sulfide) groups is 1. The summed E-state index contributed by atoms with van der Waals surface area (Å²) in [6.07, 6.45) is 1.53. The number of amides is 2. The number of rotatable bonds is 11. The van der Waals surface area contributed by atoms with Gasteiger partial charge in [0.2, 0.25) is 0 Å². The van der Waals surface area contributed by atoms with Gasteiger partial charge in [0.15, 0.2) is 11.5 Å². The average molecular weight is 521 g/mol. The van der Waals surface area contributed by atoms with Crippen molar-refractivity contribution in [2.24, 2.45) is 0 Å². The van der Waals surface area contributed by atoms with E-state index in [0.29, 0.717) is 34.9 Å². The van der Waals surface area contributed by atoms with Gasteiger partial charge in [0.1, 0.15) is 5.70 Å². The first-order chi connectivity index (χ1) is 17.9. The van der Waals surface area contributed by atoms with Crippen LogP contribution in [0.25, 0.3) is 6.08 Å². The van der Waals surface area contributed by atoms with Crippen LogP contribution in [0.4, 0.5) is 5.69 Å². The van der Waals surface area contributed by atoms with Crippen molar-refractivity contribution in [3.63, 3.8) is 0 Å². The molecule has 9 heteroatoms. The molecule has 0 spiro atoms. The van der Waals surface area contributed by atoms with Crippen LogP contribution in [0.1, 0.15) is 22.8 Å². The van der Waals surface area contributed by atoms with E-state index in [1.807, 2.05) is 0 Å². The van der Waals surface area contributed by atoms with Crippen LogP contribution in [0.2, 0.25) is 0 Å². The second kappa shape index (κ2) is 13.7. The zero-order valence-corrected chi connectivity index (χ0v) is 21.6. The molecule has 37 heavy (non-hydrogen) atoms. The number of methoxy groups -OCH3 is 2. The van der Waals surface area contributed by atoms with Crippen molar-refractivity contribution in [1.82, 2.24) is 5.32 Å². The predicted molar refractivity (Wildman–Crippen MR) is 144 cm³/mol. The van der Waals surface area contributed by atoms with Crippen molar-refractivity contribution in [2.75, 3.05) is 31.9 Å². The molecule has 8 nitrogen and oxygen atoms in total. The third kappa shape index (κ3) is 7.88. The minimum absolute atomic E-state index is 0.0150. The Hall–Kier alpha value is -4.24. The lowest BCUT2D eigenvalue weighted by Gasteiger charge is -2.14. The first-order valence-corrected chi connectivity index (χ1v) is 12.4. The molecule has 0 aliphatic rings. The van der Waals surface area contributed by atoms with Gasteiger partial charge in [-0.05, 0) is 55.5 Å². The summed E-state index contributed by atoms with van der Waals surface area (Å²) in [7, 11) is 3.02. The van der Waals surface area contributed by atoms with Gasteiger partial charge in [-0.15, -0.1) is 11.8 Å². The number of hydrogen-bond donors (Lipinski definition) is 2. The van der Waals surface area contributed by atoms with Crippen LogP contribution in [0.3, 0.4) is 0 Å². The fourth-order valence-electron chi connectivity index (χ4n) is 3.30. The molecule has 0 saturated heterocycles. The molecule has 0 aliphatic heterocycles. The highest BCUT2D eigenvalue weighted by atomic mass is 32.2. The summed E-state index contributed by atoms with van der Waals surface area (Å²) in [5, 5.41) is 5.51. The number of hydrogen-bond acceptors (Lipinski definition) is 7. The Kier molecular flexibility index (Phi) is 10.2. The Morgan fingerprint density at radius 3 is 2.27 bits per heavy atom. The van der Waals surface area contributed by atoms with Crippen LogP contribution in [-0.2, 0) is 14.3 Å². The topological polar surface area (TPSA) is 103 Å². The van der Waals surface area contributed by atoms with Gasteiger partial charge in [-0.25, -0.2) is 0 Å². The number of carbonyl (C=O) groups excluding carboxylic acids is 3. The lowest BCUT2D eigenvalue weighted by atomic mass is 10.1. The molecule has 3 aromatic carbocycles. The molecule has 2 amide bonds. The van der Waals surface area contributed by atoms with E-state index in [4.69, 9.17) is 14.2 Å². The standard InChI is InChI=1S/C28H28N2O6S/c1-4-36-25(31)18-37-22-15-13-21(14-16-22)29-28(33)23(30-27(32)19-9-6-5-7-10-19)17-20-11-8-12-24(34-2)26(20)35-3/h5-17H,4,18H2,1-3H3,(H,29,33)(H,30,32)/b23-17-. The molecule has 0 bridgehead atoms. The molecule has 192 valence electrons. The van der Waals surface area contributed by atoms with E-state index in [-0.39, 0.29) is 17.4 Å². The molecule has 3 aromatic rings. The Bertz CT molecular complexity index is 1260. The fourth-order valence-corrected chi connectivity index (χ4v) is 4.00. The fraction of sp³-hybridized carbons (Fsp3) is 0.179. The van der Waals surface area contributed by atoms with Gasteiger partial charge >= 0.3 is 5.97 Å². The van der Waals surface area contributed by atoms with Gasteiger partial charge in [-0.2, -0.15) is 0 Å². The summed E-state index contributed by atoms with van der Waals surface area (Å²) < 4.78 is 15.8. The molecule has 0 heterocycles. The molecule has 0 radical (unpaired) electrons. The van der Waals surface area contributed by atoms with E-state index in [0.717, 1.165) is 4.90 Å². The Morgan fingerprint density at radius 1 is 0.892 bits per heavy atom. The average Bonchev–Trinajstić information content (AvgIpc) is 2.92. The molecular formula is C28H28N2O6S. The summed E-state index contributed by atoms with van der Waals surface area (Å²) in [6.45, 7) is 2.10. The maximum Gasteiger partial charge on any atom is 0.316 e. The van der Waals surface area contributed by atoms with E-state index < -0.39 is 11.8 Å². The number of benzene rings is 3. The van der Waals surface area contributed by atoms with Crippen molar-refractivity contribution < 1.29 is 28.6 Å². The second-order valence-corrected chi connectivity index (χ2v) is 8.58. The number of esters is 1. The maximum atomic E-state index is 13.3. The number of ether oxygens (including phenoxy) is 3. The van der Waals surface area contributed by atoms with Crippen LogP contribution in [0.15, 0.2) is 83.4 Å². The number of para-hydroxylation sites is 1. The summed E-state index contributed by atoms with van der Waals surface area (Å²) >= 11 is 1.34. The van der Waals surface area contributed by atoms with E-state index in [9.17, 15) is 14.4 Å². The van der Waals surface area contributed by atoms with Crippen molar-refractivity contribution in [2.45, 2.75) is 11.8 Å². The normalized spacial score (nSPS) is 10.8.